The maximum Gasteiger partial charge on any atom is 0.0729 e. The lowest BCUT2D eigenvalue weighted by Crippen LogP contribution is -2.32. The van der Waals surface area contributed by atoms with Crippen molar-refractivity contribution in [3.8, 4) is 0 Å². The Labute approximate surface area is 257 Å². The van der Waals surface area contributed by atoms with Gasteiger partial charge < -0.3 is 10.2 Å². The van der Waals surface area contributed by atoms with Crippen LogP contribution in [0.3, 0.4) is 0 Å². The van der Waals surface area contributed by atoms with Gasteiger partial charge in [-0.05, 0) is 77.2 Å². The van der Waals surface area contributed by atoms with Gasteiger partial charge in [-0.3, -0.25) is 0 Å². The maximum absolute atomic E-state index is 10.1. The summed E-state index contributed by atoms with van der Waals surface area (Å²) >= 11 is 0. The van der Waals surface area contributed by atoms with Gasteiger partial charge in [0.15, 0.2) is 0 Å². The molecule has 2 nitrogen and oxygen atoms in total. The normalized spacial score (nSPS) is 26.6. The van der Waals surface area contributed by atoms with Crippen molar-refractivity contribution in [1.29, 1.82) is 0 Å². The van der Waals surface area contributed by atoms with E-state index in [0.29, 0.717) is 5.92 Å². The van der Waals surface area contributed by atoms with Gasteiger partial charge in [0.2, 0.25) is 0 Å². The zero-order chi connectivity index (χ0) is 31.5. The van der Waals surface area contributed by atoms with Gasteiger partial charge in [0.1, 0.15) is 0 Å². The fourth-order valence-corrected chi connectivity index (χ4v) is 6.14. The predicted molar refractivity (Wildman–Crippen MR) is 184 cm³/mol. The fourth-order valence-electron chi connectivity index (χ4n) is 6.14. The van der Waals surface area contributed by atoms with Crippen molar-refractivity contribution >= 4 is 0 Å². The van der Waals surface area contributed by atoms with Gasteiger partial charge in [0, 0.05) is 5.92 Å². The van der Waals surface area contributed by atoms with Crippen molar-refractivity contribution in [1.82, 2.24) is 0 Å². The lowest BCUT2D eigenvalue weighted by Gasteiger charge is -2.38. The Morgan fingerprint density at radius 3 is 1.74 bits per heavy atom. The first-order valence-electron chi connectivity index (χ1n) is 15.4. The average molecular weight is 569 g/mol. The molecular weight excluding hydrogens is 512 g/mol. The first-order chi connectivity index (χ1) is 19.6. The smallest absolute Gasteiger partial charge is 0.0729 e. The Kier molecular flexibility index (Phi) is 13.5. The van der Waals surface area contributed by atoms with Crippen molar-refractivity contribution < 1.29 is 10.2 Å². The minimum atomic E-state index is -0.331. The summed E-state index contributed by atoms with van der Waals surface area (Å²) in [6.45, 7) is 21.6. The molecule has 0 aliphatic heterocycles. The summed E-state index contributed by atoms with van der Waals surface area (Å²) in [5, 5.41) is 20.2. The zero-order valence-corrected chi connectivity index (χ0v) is 27.9. The molecule has 0 saturated carbocycles. The maximum atomic E-state index is 10.1. The molecule has 2 rings (SSSR count). The second kappa shape index (κ2) is 16.1. The van der Waals surface area contributed by atoms with E-state index in [1.807, 2.05) is 6.08 Å². The number of aliphatic hydroxyl groups excluding tert-OH is 2. The van der Waals surface area contributed by atoms with E-state index in [-0.39, 0.29) is 23.0 Å². The summed E-state index contributed by atoms with van der Waals surface area (Å²) in [4.78, 5) is 0. The van der Waals surface area contributed by atoms with E-state index in [0.717, 1.165) is 19.3 Å². The second-order valence-electron chi connectivity index (χ2n) is 13.7. The molecule has 2 aliphatic carbocycles. The van der Waals surface area contributed by atoms with Crippen LogP contribution >= 0.6 is 0 Å². The number of aliphatic hydroxyl groups is 2. The highest BCUT2D eigenvalue weighted by Gasteiger charge is 2.34. The van der Waals surface area contributed by atoms with Crippen LogP contribution in [0.15, 0.2) is 130 Å². The molecule has 0 amide bonds. The van der Waals surface area contributed by atoms with Crippen LogP contribution in [-0.2, 0) is 0 Å². The predicted octanol–water partition coefficient (Wildman–Crippen LogP) is 10.4. The van der Waals surface area contributed by atoms with E-state index in [2.05, 4.69) is 154 Å². The first kappa shape index (κ1) is 35.3. The van der Waals surface area contributed by atoms with Crippen molar-refractivity contribution in [3.05, 3.63) is 130 Å². The summed E-state index contributed by atoms with van der Waals surface area (Å²) in [6, 6.07) is 0. The van der Waals surface area contributed by atoms with Crippen LogP contribution < -0.4 is 0 Å². The third-order valence-electron chi connectivity index (χ3n) is 8.33. The number of allylic oxidation sites excluding steroid dienone is 20. The van der Waals surface area contributed by atoms with Crippen molar-refractivity contribution in [2.75, 3.05) is 0 Å². The molecule has 0 heterocycles. The van der Waals surface area contributed by atoms with E-state index < -0.39 is 0 Å². The highest BCUT2D eigenvalue weighted by Crippen LogP contribution is 2.42. The third kappa shape index (κ3) is 11.7. The molecule has 0 aromatic heterocycles. The van der Waals surface area contributed by atoms with Crippen LogP contribution in [0, 0.1) is 16.7 Å². The molecule has 0 fully saturated rings. The number of hydrogen-bond acceptors (Lipinski definition) is 2. The average Bonchev–Trinajstić information content (AvgIpc) is 2.84. The molecule has 0 radical (unpaired) electrons. The molecule has 2 N–H and O–H groups in total. The Hall–Kier alpha value is -2.94. The van der Waals surface area contributed by atoms with Crippen LogP contribution in [0.1, 0.15) is 88.5 Å². The Morgan fingerprint density at radius 2 is 1.21 bits per heavy atom. The van der Waals surface area contributed by atoms with E-state index in [4.69, 9.17) is 0 Å². The van der Waals surface area contributed by atoms with Gasteiger partial charge in [-0.2, -0.15) is 0 Å². The van der Waals surface area contributed by atoms with Gasteiger partial charge >= 0.3 is 0 Å². The number of rotatable bonds is 10. The molecular formula is C40H56O2. The molecule has 228 valence electrons. The molecule has 0 unspecified atom stereocenters. The van der Waals surface area contributed by atoms with Crippen LogP contribution in [-0.4, -0.2) is 22.4 Å². The van der Waals surface area contributed by atoms with Gasteiger partial charge in [0.25, 0.3) is 0 Å². The summed E-state index contributed by atoms with van der Waals surface area (Å²) in [5.41, 5.74) is 8.73. The van der Waals surface area contributed by atoms with E-state index in [1.165, 1.54) is 39.0 Å². The van der Waals surface area contributed by atoms with Crippen molar-refractivity contribution in [3.63, 3.8) is 0 Å². The Morgan fingerprint density at radius 1 is 0.714 bits per heavy atom. The van der Waals surface area contributed by atoms with E-state index >= 15 is 0 Å². The van der Waals surface area contributed by atoms with Crippen LogP contribution in [0.4, 0.5) is 0 Å². The monoisotopic (exact) mass is 568 g/mol. The van der Waals surface area contributed by atoms with Gasteiger partial charge in [0.05, 0.1) is 12.2 Å². The molecule has 3 atom stereocenters. The number of hydrogen-bond donors (Lipinski definition) is 2. The molecule has 2 aliphatic rings. The SMILES string of the molecule is CC1=C[C@H](O)CC(C)(C)[C@H]1/C=C/C(C)=C\C=C\C(C)=C\C=C/C=C(C)/C=C\C=C(C)\C=C/C1=C(C)C[C@H](O)CC1(C)C. The zero-order valence-electron chi connectivity index (χ0n) is 27.9. The van der Waals surface area contributed by atoms with Gasteiger partial charge in [-0.1, -0.05) is 152 Å². The van der Waals surface area contributed by atoms with Crippen molar-refractivity contribution in [2.24, 2.45) is 16.7 Å². The third-order valence-corrected chi connectivity index (χ3v) is 8.33. The largest absolute Gasteiger partial charge is 0.393 e. The molecule has 42 heavy (non-hydrogen) atoms. The van der Waals surface area contributed by atoms with Crippen LogP contribution in [0.5, 0.6) is 0 Å². The summed E-state index contributed by atoms with van der Waals surface area (Å²) in [5.74, 6) is 0.348. The first-order valence-corrected chi connectivity index (χ1v) is 15.4. The lowest BCUT2D eigenvalue weighted by molar-refractivity contribution is 0.116. The Bertz CT molecular complexity index is 1270. The summed E-state index contributed by atoms with van der Waals surface area (Å²) in [6.07, 6.45) is 33.8. The van der Waals surface area contributed by atoms with Gasteiger partial charge in [-0.15, -0.1) is 0 Å². The minimum Gasteiger partial charge on any atom is -0.393 e. The summed E-state index contributed by atoms with van der Waals surface area (Å²) < 4.78 is 0. The standard InChI is InChI=1S/C40H56O2/c1-29(17-13-19-31(3)21-23-37-33(5)25-35(41)27-39(37,7)8)15-11-12-16-30(2)18-14-20-32(4)22-24-38-34(6)26-36(42)28-40(38,9)10/h11-25,35-37,41-42H,26-28H2,1-10H3/b12-11-,17-13+,18-14-,23-21+,24-22-,29-15+,30-16+,31-19-,32-20+/t35-,36-,37-/m0/s1. The van der Waals surface area contributed by atoms with Gasteiger partial charge in [-0.25, -0.2) is 0 Å². The molecule has 0 aromatic carbocycles. The molecule has 2 heteroatoms. The highest BCUT2D eigenvalue weighted by atomic mass is 16.3. The summed E-state index contributed by atoms with van der Waals surface area (Å²) in [7, 11) is 0. The second-order valence-corrected chi connectivity index (χ2v) is 13.7. The topological polar surface area (TPSA) is 40.5 Å². The van der Waals surface area contributed by atoms with E-state index in [1.54, 1.807) is 0 Å². The van der Waals surface area contributed by atoms with Crippen molar-refractivity contribution in [2.45, 2.75) is 101 Å². The van der Waals surface area contributed by atoms with Crippen LogP contribution in [0.2, 0.25) is 0 Å². The molecule has 0 aromatic rings. The Balaban J connectivity index is 1.90. The molecule has 0 saturated heterocycles. The van der Waals surface area contributed by atoms with E-state index in [9.17, 15) is 10.2 Å². The van der Waals surface area contributed by atoms with Crippen LogP contribution in [0.25, 0.3) is 0 Å². The minimum absolute atomic E-state index is 0.00528. The quantitative estimate of drug-likeness (QED) is 0.203. The molecule has 0 spiro atoms. The molecule has 0 bridgehead atoms. The lowest BCUT2D eigenvalue weighted by atomic mass is 9.67. The fraction of sp³-hybridized carbons (Fsp3) is 0.450. The highest BCUT2D eigenvalue weighted by molar-refractivity contribution is 5.38.